The third-order valence-corrected chi connectivity index (χ3v) is 5.13. The zero-order valence-electron chi connectivity index (χ0n) is 10.5. The van der Waals surface area contributed by atoms with E-state index in [1.54, 1.807) is 13.0 Å². The van der Waals surface area contributed by atoms with Gasteiger partial charge in [-0.15, -0.1) is 12.4 Å². The van der Waals surface area contributed by atoms with E-state index in [2.05, 4.69) is 0 Å². The first-order chi connectivity index (χ1) is 8.45. The van der Waals surface area contributed by atoms with E-state index in [0.29, 0.717) is 30.6 Å². The van der Waals surface area contributed by atoms with Gasteiger partial charge in [-0.1, -0.05) is 0 Å². The summed E-state index contributed by atoms with van der Waals surface area (Å²) in [5.41, 5.74) is 6.79. The van der Waals surface area contributed by atoms with E-state index >= 15 is 0 Å². The van der Waals surface area contributed by atoms with E-state index in [1.165, 1.54) is 16.4 Å². The van der Waals surface area contributed by atoms with Gasteiger partial charge in [-0.05, 0) is 37.1 Å². The van der Waals surface area contributed by atoms with Crippen LogP contribution in [0.3, 0.4) is 0 Å². The van der Waals surface area contributed by atoms with Gasteiger partial charge in [0.25, 0.3) is 0 Å². The van der Waals surface area contributed by atoms with Crippen LogP contribution in [-0.2, 0) is 10.0 Å². The van der Waals surface area contributed by atoms with Gasteiger partial charge in [0.15, 0.2) is 0 Å². The molecule has 0 amide bonds. The average molecular weight is 302 g/mol. The standard InChI is InChI=1S/C12H15N3O2S.ClH/c1-9-6-10(7-13)2-3-12(9)18(16,17)15-5-4-11(14)8-15;/h2-3,6,11H,4-5,8,14H2,1H3;1H/t11-;/m1./s1. The number of hydrogen-bond donors (Lipinski definition) is 1. The summed E-state index contributed by atoms with van der Waals surface area (Å²) >= 11 is 0. The van der Waals surface area contributed by atoms with Crippen molar-refractivity contribution in [3.05, 3.63) is 29.3 Å². The van der Waals surface area contributed by atoms with Crippen molar-refractivity contribution in [1.82, 2.24) is 4.31 Å². The third-order valence-electron chi connectivity index (χ3n) is 3.11. The van der Waals surface area contributed by atoms with Crippen LogP contribution in [0.4, 0.5) is 0 Å². The van der Waals surface area contributed by atoms with Crippen molar-refractivity contribution in [3.8, 4) is 6.07 Å². The number of nitriles is 1. The SMILES string of the molecule is Cc1cc(C#N)ccc1S(=O)(=O)N1CC[C@@H](N)C1.Cl. The Hall–Kier alpha value is -1.13. The molecule has 0 aliphatic carbocycles. The van der Waals surface area contributed by atoms with E-state index in [1.807, 2.05) is 6.07 Å². The van der Waals surface area contributed by atoms with Crippen molar-refractivity contribution in [2.24, 2.45) is 5.73 Å². The summed E-state index contributed by atoms with van der Waals surface area (Å²) in [5.74, 6) is 0. The average Bonchev–Trinajstić information content (AvgIpc) is 2.76. The van der Waals surface area contributed by atoms with Gasteiger partial charge in [0.05, 0.1) is 16.5 Å². The largest absolute Gasteiger partial charge is 0.326 e. The van der Waals surface area contributed by atoms with Crippen molar-refractivity contribution in [1.29, 1.82) is 5.26 Å². The minimum Gasteiger partial charge on any atom is -0.326 e. The highest BCUT2D eigenvalue weighted by atomic mass is 35.5. The number of sulfonamides is 1. The molecule has 1 aliphatic heterocycles. The molecule has 0 saturated carbocycles. The molecule has 1 fully saturated rings. The first-order valence-corrected chi connectivity index (χ1v) is 7.15. The molecule has 1 atom stereocenters. The molecule has 2 N–H and O–H groups in total. The van der Waals surface area contributed by atoms with E-state index in [9.17, 15) is 8.42 Å². The highest BCUT2D eigenvalue weighted by Crippen LogP contribution is 2.23. The van der Waals surface area contributed by atoms with Crippen LogP contribution in [0.25, 0.3) is 0 Å². The highest BCUT2D eigenvalue weighted by Gasteiger charge is 2.31. The topological polar surface area (TPSA) is 87.2 Å². The maximum absolute atomic E-state index is 12.4. The van der Waals surface area contributed by atoms with Crippen LogP contribution in [-0.4, -0.2) is 31.9 Å². The Kier molecular flexibility index (Phi) is 4.93. The molecule has 104 valence electrons. The lowest BCUT2D eigenvalue weighted by Gasteiger charge is -2.17. The normalized spacial score (nSPS) is 19.7. The molecular weight excluding hydrogens is 286 g/mol. The highest BCUT2D eigenvalue weighted by molar-refractivity contribution is 7.89. The summed E-state index contributed by atoms with van der Waals surface area (Å²) in [5, 5.41) is 8.78. The summed E-state index contributed by atoms with van der Waals surface area (Å²) in [6.45, 7) is 2.52. The maximum atomic E-state index is 12.4. The molecule has 1 saturated heterocycles. The van der Waals surface area contributed by atoms with Gasteiger partial charge in [0, 0.05) is 19.1 Å². The Labute approximate surface area is 119 Å². The number of nitrogens with two attached hydrogens (primary N) is 1. The lowest BCUT2D eigenvalue weighted by Crippen LogP contribution is -2.32. The second-order valence-corrected chi connectivity index (χ2v) is 6.41. The zero-order valence-corrected chi connectivity index (χ0v) is 12.2. The van der Waals surface area contributed by atoms with Gasteiger partial charge >= 0.3 is 0 Å². The summed E-state index contributed by atoms with van der Waals surface area (Å²) in [6, 6.07) is 6.51. The second kappa shape index (κ2) is 5.88. The number of rotatable bonds is 2. The Morgan fingerprint density at radius 1 is 1.47 bits per heavy atom. The molecule has 7 heteroatoms. The molecule has 0 unspecified atom stereocenters. The van der Waals surface area contributed by atoms with Crippen LogP contribution < -0.4 is 5.73 Å². The minimum absolute atomic E-state index is 0. The van der Waals surface area contributed by atoms with Crippen molar-refractivity contribution in [3.63, 3.8) is 0 Å². The second-order valence-electron chi connectivity index (χ2n) is 4.50. The lowest BCUT2D eigenvalue weighted by atomic mass is 10.2. The van der Waals surface area contributed by atoms with Crippen molar-refractivity contribution in [2.75, 3.05) is 13.1 Å². The maximum Gasteiger partial charge on any atom is 0.243 e. The predicted octanol–water partition coefficient (Wildman–Crippen LogP) is 1.01. The monoisotopic (exact) mass is 301 g/mol. The molecular formula is C12H16ClN3O2S. The first kappa shape index (κ1) is 15.9. The Bertz CT molecular complexity index is 610. The van der Waals surface area contributed by atoms with Gasteiger partial charge in [0.1, 0.15) is 0 Å². The molecule has 1 aromatic carbocycles. The summed E-state index contributed by atoms with van der Waals surface area (Å²) in [4.78, 5) is 0.260. The molecule has 0 aromatic heterocycles. The van der Waals surface area contributed by atoms with E-state index < -0.39 is 10.0 Å². The van der Waals surface area contributed by atoms with E-state index in [0.717, 1.165) is 0 Å². The molecule has 1 aliphatic rings. The third kappa shape index (κ3) is 3.07. The first-order valence-electron chi connectivity index (χ1n) is 5.71. The smallest absolute Gasteiger partial charge is 0.243 e. The molecule has 2 rings (SSSR count). The van der Waals surface area contributed by atoms with E-state index in [-0.39, 0.29) is 23.3 Å². The molecule has 19 heavy (non-hydrogen) atoms. The molecule has 0 radical (unpaired) electrons. The fourth-order valence-electron chi connectivity index (χ4n) is 2.12. The Balaban J connectivity index is 0.00000180. The number of hydrogen-bond acceptors (Lipinski definition) is 4. The predicted molar refractivity (Wildman–Crippen MR) is 74.5 cm³/mol. The van der Waals surface area contributed by atoms with Gasteiger partial charge in [0.2, 0.25) is 10.0 Å². The molecule has 0 bridgehead atoms. The fraction of sp³-hybridized carbons (Fsp3) is 0.417. The summed E-state index contributed by atoms with van der Waals surface area (Å²) < 4.78 is 26.2. The van der Waals surface area contributed by atoms with Crippen molar-refractivity contribution in [2.45, 2.75) is 24.3 Å². The van der Waals surface area contributed by atoms with Crippen LogP contribution >= 0.6 is 12.4 Å². The van der Waals surface area contributed by atoms with Gasteiger partial charge in [-0.25, -0.2) is 8.42 Å². The number of halogens is 1. The molecule has 1 aromatic rings. The number of nitrogens with zero attached hydrogens (tertiary/aromatic N) is 2. The Morgan fingerprint density at radius 2 is 2.16 bits per heavy atom. The molecule has 5 nitrogen and oxygen atoms in total. The van der Waals surface area contributed by atoms with Crippen LogP contribution in [0.2, 0.25) is 0 Å². The fourth-order valence-corrected chi connectivity index (χ4v) is 3.84. The molecule has 1 heterocycles. The number of aryl methyl sites for hydroxylation is 1. The van der Waals surface area contributed by atoms with Gasteiger partial charge in [-0.2, -0.15) is 9.57 Å². The Morgan fingerprint density at radius 3 is 2.63 bits per heavy atom. The van der Waals surface area contributed by atoms with Crippen LogP contribution in [0.1, 0.15) is 17.5 Å². The van der Waals surface area contributed by atoms with Crippen LogP contribution in [0.15, 0.2) is 23.1 Å². The molecule has 0 spiro atoms. The van der Waals surface area contributed by atoms with Crippen molar-refractivity contribution < 1.29 is 8.42 Å². The zero-order chi connectivity index (χ0) is 13.3. The summed E-state index contributed by atoms with van der Waals surface area (Å²) in [7, 11) is -3.48. The van der Waals surface area contributed by atoms with Gasteiger partial charge < -0.3 is 5.73 Å². The van der Waals surface area contributed by atoms with E-state index in [4.69, 9.17) is 11.0 Å². The quantitative estimate of drug-likeness (QED) is 0.883. The summed E-state index contributed by atoms with van der Waals surface area (Å²) in [6.07, 6.45) is 0.689. The minimum atomic E-state index is -3.48. The number of benzene rings is 1. The van der Waals surface area contributed by atoms with Crippen molar-refractivity contribution >= 4 is 22.4 Å². The van der Waals surface area contributed by atoms with Crippen LogP contribution in [0, 0.1) is 18.3 Å². The lowest BCUT2D eigenvalue weighted by molar-refractivity contribution is 0.472. The van der Waals surface area contributed by atoms with Crippen LogP contribution in [0.5, 0.6) is 0 Å². The van der Waals surface area contributed by atoms with Gasteiger partial charge in [-0.3, -0.25) is 0 Å².